The van der Waals surface area contributed by atoms with Crippen LogP contribution in [0.25, 0.3) is 0 Å². The van der Waals surface area contributed by atoms with E-state index in [4.69, 9.17) is 5.73 Å². The van der Waals surface area contributed by atoms with Gasteiger partial charge in [0.15, 0.2) is 9.84 Å². The van der Waals surface area contributed by atoms with Gasteiger partial charge in [-0.2, -0.15) is 0 Å². The SMILES string of the molecule is CC(C)(CNc1cc(F)ccc1N)S(C)(=O)=O. The standard InChI is InChI=1S/C11H17FN2O2S/c1-11(2,17(3,15)16)7-14-10-6-8(12)4-5-9(10)13/h4-6,14H,7,13H2,1-3H3. The van der Waals surface area contributed by atoms with Gasteiger partial charge in [-0.1, -0.05) is 0 Å². The van der Waals surface area contributed by atoms with Crippen molar-refractivity contribution >= 4 is 21.2 Å². The molecule has 0 aliphatic rings. The highest BCUT2D eigenvalue weighted by Gasteiger charge is 2.29. The largest absolute Gasteiger partial charge is 0.397 e. The van der Waals surface area contributed by atoms with E-state index in [0.717, 1.165) is 0 Å². The second-order valence-corrected chi connectivity index (χ2v) is 7.27. The van der Waals surface area contributed by atoms with Crippen LogP contribution in [0.3, 0.4) is 0 Å². The topological polar surface area (TPSA) is 72.2 Å². The molecule has 0 bridgehead atoms. The summed E-state index contributed by atoms with van der Waals surface area (Å²) in [6.07, 6.45) is 1.17. The molecule has 0 spiro atoms. The lowest BCUT2D eigenvalue weighted by atomic mass is 10.2. The van der Waals surface area contributed by atoms with Crippen molar-refractivity contribution in [3.05, 3.63) is 24.0 Å². The molecule has 0 aliphatic carbocycles. The Labute approximate surface area is 101 Å². The lowest BCUT2D eigenvalue weighted by Gasteiger charge is -2.23. The summed E-state index contributed by atoms with van der Waals surface area (Å²) in [5, 5.41) is 2.86. The summed E-state index contributed by atoms with van der Waals surface area (Å²) in [5.74, 6) is -0.418. The second-order valence-electron chi connectivity index (χ2n) is 4.62. The van der Waals surface area contributed by atoms with Crippen LogP contribution in [0.15, 0.2) is 18.2 Å². The van der Waals surface area contributed by atoms with Crippen LogP contribution in [-0.4, -0.2) is 26.0 Å². The van der Waals surface area contributed by atoms with Crippen LogP contribution in [0.4, 0.5) is 15.8 Å². The Morgan fingerprint density at radius 2 is 2.00 bits per heavy atom. The van der Waals surface area contributed by atoms with Gasteiger partial charge in [0, 0.05) is 12.8 Å². The smallest absolute Gasteiger partial charge is 0.154 e. The lowest BCUT2D eigenvalue weighted by molar-refractivity contribution is 0.560. The van der Waals surface area contributed by atoms with Crippen LogP contribution in [0.1, 0.15) is 13.8 Å². The Hall–Kier alpha value is -1.30. The third-order valence-corrected chi connectivity index (χ3v) is 4.88. The van der Waals surface area contributed by atoms with Crippen LogP contribution in [-0.2, 0) is 9.84 Å². The molecule has 0 fully saturated rings. The van der Waals surface area contributed by atoms with Gasteiger partial charge < -0.3 is 11.1 Å². The maximum absolute atomic E-state index is 13.0. The van der Waals surface area contributed by atoms with E-state index in [0.29, 0.717) is 11.4 Å². The molecule has 0 saturated heterocycles. The third-order valence-electron chi connectivity index (χ3n) is 2.72. The molecule has 96 valence electrons. The normalized spacial score (nSPS) is 12.5. The first-order valence-corrected chi connectivity index (χ1v) is 7.01. The fourth-order valence-electron chi connectivity index (χ4n) is 1.12. The number of anilines is 2. The molecule has 6 heteroatoms. The molecule has 17 heavy (non-hydrogen) atoms. The predicted octanol–water partition coefficient (Wildman–Crippen LogP) is 1.64. The van der Waals surface area contributed by atoms with E-state index in [1.54, 1.807) is 13.8 Å². The first-order valence-electron chi connectivity index (χ1n) is 5.12. The average molecular weight is 260 g/mol. The van der Waals surface area contributed by atoms with E-state index >= 15 is 0 Å². The molecule has 1 rings (SSSR count). The molecule has 0 atom stereocenters. The molecule has 0 unspecified atom stereocenters. The predicted molar refractivity (Wildman–Crippen MR) is 68.2 cm³/mol. The van der Waals surface area contributed by atoms with Crippen molar-refractivity contribution in [1.29, 1.82) is 0 Å². The van der Waals surface area contributed by atoms with Crippen molar-refractivity contribution in [2.45, 2.75) is 18.6 Å². The van der Waals surface area contributed by atoms with Crippen LogP contribution in [0.5, 0.6) is 0 Å². The van der Waals surface area contributed by atoms with Gasteiger partial charge in [-0.25, -0.2) is 12.8 Å². The van der Waals surface area contributed by atoms with Crippen LogP contribution in [0, 0.1) is 5.82 Å². The molecule has 0 aliphatic heterocycles. The van der Waals surface area contributed by atoms with E-state index < -0.39 is 20.4 Å². The number of hydrogen-bond acceptors (Lipinski definition) is 4. The highest BCUT2D eigenvalue weighted by atomic mass is 32.2. The Bertz CT molecular complexity index is 512. The van der Waals surface area contributed by atoms with Crippen molar-refractivity contribution in [2.75, 3.05) is 23.9 Å². The number of sulfone groups is 1. The van der Waals surface area contributed by atoms with E-state index in [2.05, 4.69) is 5.32 Å². The molecule has 1 aromatic carbocycles. The lowest BCUT2D eigenvalue weighted by Crippen LogP contribution is -2.38. The molecule has 0 aromatic heterocycles. The van der Waals surface area contributed by atoms with Gasteiger partial charge >= 0.3 is 0 Å². The summed E-state index contributed by atoms with van der Waals surface area (Å²) in [6.45, 7) is 3.37. The van der Waals surface area contributed by atoms with Gasteiger partial charge in [0.1, 0.15) is 5.82 Å². The van der Waals surface area contributed by atoms with Gasteiger partial charge in [-0.05, 0) is 32.0 Å². The van der Waals surface area contributed by atoms with Gasteiger partial charge in [0.05, 0.1) is 16.1 Å². The minimum absolute atomic E-state index is 0.166. The number of rotatable bonds is 4. The van der Waals surface area contributed by atoms with Crippen molar-refractivity contribution in [1.82, 2.24) is 0 Å². The number of halogens is 1. The van der Waals surface area contributed by atoms with Crippen LogP contribution in [0.2, 0.25) is 0 Å². The Balaban J connectivity index is 2.84. The number of hydrogen-bond donors (Lipinski definition) is 2. The number of nitrogens with one attached hydrogen (secondary N) is 1. The first-order chi connectivity index (χ1) is 7.63. The molecule has 0 radical (unpaired) electrons. The molecule has 3 N–H and O–H groups in total. The molecular formula is C11H17FN2O2S. The van der Waals surface area contributed by atoms with Crippen molar-refractivity contribution < 1.29 is 12.8 Å². The fraction of sp³-hybridized carbons (Fsp3) is 0.455. The van der Waals surface area contributed by atoms with Crippen molar-refractivity contribution in [2.24, 2.45) is 0 Å². The summed E-state index contributed by atoms with van der Waals surface area (Å²) in [7, 11) is -3.19. The molecule has 4 nitrogen and oxygen atoms in total. The summed E-state index contributed by atoms with van der Waals surface area (Å²) in [5.41, 5.74) is 6.44. The molecule has 0 heterocycles. The van der Waals surface area contributed by atoms with E-state index in [-0.39, 0.29) is 6.54 Å². The maximum Gasteiger partial charge on any atom is 0.154 e. The molecular weight excluding hydrogens is 243 g/mol. The van der Waals surface area contributed by atoms with Gasteiger partial charge in [-0.15, -0.1) is 0 Å². The minimum Gasteiger partial charge on any atom is -0.397 e. The summed E-state index contributed by atoms with van der Waals surface area (Å²) in [6, 6.07) is 3.93. The molecule has 0 saturated carbocycles. The highest BCUT2D eigenvalue weighted by Crippen LogP contribution is 2.22. The third kappa shape index (κ3) is 3.33. The van der Waals surface area contributed by atoms with E-state index in [1.807, 2.05) is 0 Å². The number of nitrogen functional groups attached to an aromatic ring is 1. The van der Waals surface area contributed by atoms with Gasteiger partial charge in [0.25, 0.3) is 0 Å². The minimum atomic E-state index is -3.19. The zero-order valence-electron chi connectivity index (χ0n) is 10.1. The first kappa shape index (κ1) is 13.8. The summed E-state index contributed by atoms with van der Waals surface area (Å²) < 4.78 is 35.0. The average Bonchev–Trinajstić information content (AvgIpc) is 2.18. The molecule has 0 amide bonds. The van der Waals surface area contributed by atoms with Crippen molar-refractivity contribution in [3.63, 3.8) is 0 Å². The van der Waals surface area contributed by atoms with Crippen LogP contribution >= 0.6 is 0 Å². The van der Waals surface area contributed by atoms with Crippen molar-refractivity contribution in [3.8, 4) is 0 Å². The monoisotopic (exact) mass is 260 g/mol. The Morgan fingerprint density at radius 3 is 2.53 bits per heavy atom. The van der Waals surface area contributed by atoms with E-state index in [1.165, 1.54) is 24.5 Å². The number of benzene rings is 1. The zero-order chi connectivity index (χ0) is 13.3. The summed E-state index contributed by atoms with van der Waals surface area (Å²) >= 11 is 0. The Morgan fingerprint density at radius 1 is 1.41 bits per heavy atom. The van der Waals surface area contributed by atoms with Gasteiger partial charge in [-0.3, -0.25) is 0 Å². The zero-order valence-corrected chi connectivity index (χ0v) is 10.9. The second kappa shape index (κ2) is 4.52. The van der Waals surface area contributed by atoms with Gasteiger partial charge in [0.2, 0.25) is 0 Å². The molecule has 1 aromatic rings. The summed E-state index contributed by atoms with van der Waals surface area (Å²) in [4.78, 5) is 0. The fourth-order valence-corrected chi connectivity index (χ4v) is 1.46. The van der Waals surface area contributed by atoms with Crippen LogP contribution < -0.4 is 11.1 Å². The Kier molecular flexibility index (Phi) is 3.66. The van der Waals surface area contributed by atoms with E-state index in [9.17, 15) is 12.8 Å². The quantitative estimate of drug-likeness (QED) is 0.807. The number of nitrogens with two attached hydrogens (primary N) is 1. The highest BCUT2D eigenvalue weighted by molar-refractivity contribution is 7.92. The maximum atomic E-state index is 13.0.